The molecule has 0 unspecified atom stereocenters. The van der Waals surface area contributed by atoms with Gasteiger partial charge in [0.2, 0.25) is 5.91 Å². The number of hydrogen-bond donors (Lipinski definition) is 4. The summed E-state index contributed by atoms with van der Waals surface area (Å²) in [4.78, 5) is 12.1. The van der Waals surface area contributed by atoms with Gasteiger partial charge in [-0.1, -0.05) is 12.1 Å². The maximum atomic E-state index is 12.1. The first kappa shape index (κ1) is 20.2. The van der Waals surface area contributed by atoms with Crippen LogP contribution in [-0.2, 0) is 9.53 Å². The molecule has 26 heavy (non-hydrogen) atoms. The number of phenols is 1. The average molecular weight is 468 g/mol. The van der Waals surface area contributed by atoms with Crippen molar-refractivity contribution in [2.45, 2.75) is 19.1 Å². The lowest BCUT2D eigenvalue weighted by Crippen LogP contribution is -2.21. The van der Waals surface area contributed by atoms with Crippen LogP contribution in [0.4, 0.5) is 11.4 Å². The van der Waals surface area contributed by atoms with Gasteiger partial charge in [-0.2, -0.15) is 0 Å². The first-order valence-electron chi connectivity index (χ1n) is 8.04. The third-order valence-corrected chi connectivity index (χ3v) is 4.31. The van der Waals surface area contributed by atoms with E-state index in [1.807, 2.05) is 0 Å². The van der Waals surface area contributed by atoms with E-state index >= 15 is 0 Å². The third kappa shape index (κ3) is 5.45. The molecule has 0 spiro atoms. The Morgan fingerprint density at radius 1 is 1.35 bits per heavy atom. The third-order valence-electron chi connectivity index (χ3n) is 3.63. The van der Waals surface area contributed by atoms with Crippen LogP contribution in [0.3, 0.4) is 0 Å². The Labute approximate surface area is 165 Å². The molecule has 0 aliphatic carbocycles. The molecule has 1 amide bonds. The van der Waals surface area contributed by atoms with Crippen molar-refractivity contribution in [2.75, 3.05) is 17.7 Å². The Morgan fingerprint density at radius 2 is 2.08 bits per heavy atom. The number of amides is 1. The highest BCUT2D eigenvalue weighted by Gasteiger charge is 2.22. The van der Waals surface area contributed by atoms with E-state index in [0.717, 1.165) is 3.57 Å². The maximum absolute atomic E-state index is 12.1. The number of halogens is 1. The van der Waals surface area contributed by atoms with Crippen molar-refractivity contribution in [2.24, 2.45) is 0 Å². The second kappa shape index (κ2) is 9.56. The number of carbonyl (C=O) groups is 1. The van der Waals surface area contributed by atoms with Crippen LogP contribution in [0.25, 0.3) is 0 Å². The summed E-state index contributed by atoms with van der Waals surface area (Å²) in [5, 5.41) is 23.2. The zero-order valence-electron chi connectivity index (χ0n) is 14.2. The van der Waals surface area contributed by atoms with Crippen LogP contribution < -0.4 is 11.1 Å². The zero-order chi connectivity index (χ0) is 19.1. The van der Waals surface area contributed by atoms with Crippen molar-refractivity contribution in [1.82, 2.24) is 0 Å². The zero-order valence-corrected chi connectivity index (χ0v) is 16.4. The van der Waals surface area contributed by atoms with Gasteiger partial charge in [-0.05, 0) is 65.9 Å². The molecule has 0 saturated carbocycles. The van der Waals surface area contributed by atoms with Crippen LogP contribution >= 0.6 is 22.6 Å². The number of benzene rings is 2. The van der Waals surface area contributed by atoms with Crippen LogP contribution in [-0.4, -0.2) is 28.8 Å². The van der Waals surface area contributed by atoms with E-state index in [4.69, 9.17) is 10.5 Å². The van der Waals surface area contributed by atoms with Gasteiger partial charge < -0.3 is 26.0 Å². The van der Waals surface area contributed by atoms with Crippen molar-refractivity contribution < 1.29 is 19.7 Å². The molecule has 6 nitrogen and oxygen atoms in total. The van der Waals surface area contributed by atoms with E-state index < -0.39 is 18.1 Å². The smallest absolute Gasteiger partial charge is 0.248 e. The number of aromatic hydroxyl groups is 1. The number of aliphatic hydroxyl groups excluding tert-OH is 1. The van der Waals surface area contributed by atoms with Crippen LogP contribution in [0, 0.1) is 3.57 Å². The Bertz CT molecular complexity index is 795. The molecule has 2 rings (SSSR count). The van der Waals surface area contributed by atoms with E-state index in [9.17, 15) is 15.0 Å². The summed E-state index contributed by atoms with van der Waals surface area (Å²) in [6.07, 6.45) is 0.835. The number of nitrogen functional groups attached to an aromatic ring is 1. The van der Waals surface area contributed by atoms with Gasteiger partial charge in [0.25, 0.3) is 0 Å². The molecule has 0 aromatic heterocycles. The fourth-order valence-corrected chi connectivity index (χ4v) is 2.87. The highest BCUT2D eigenvalue weighted by atomic mass is 127. The molecule has 2 aromatic rings. The van der Waals surface area contributed by atoms with Crippen molar-refractivity contribution in [3.63, 3.8) is 0 Å². The highest BCUT2D eigenvalue weighted by Crippen LogP contribution is 2.30. The van der Waals surface area contributed by atoms with E-state index in [-0.39, 0.29) is 5.75 Å². The second-order valence-corrected chi connectivity index (χ2v) is 6.75. The van der Waals surface area contributed by atoms with Gasteiger partial charge >= 0.3 is 0 Å². The summed E-state index contributed by atoms with van der Waals surface area (Å²) in [5.74, 6) is -0.427. The summed E-state index contributed by atoms with van der Waals surface area (Å²) in [5.41, 5.74) is 7.10. The molecule has 2 atom stereocenters. The molecule has 5 N–H and O–H groups in total. The van der Waals surface area contributed by atoms with Crippen LogP contribution in [0.2, 0.25) is 0 Å². The van der Waals surface area contributed by atoms with Crippen LogP contribution in [0.5, 0.6) is 5.75 Å². The minimum Gasteiger partial charge on any atom is -0.508 e. The number of nitrogens with one attached hydrogen (secondary N) is 1. The number of ether oxygens (including phenoxy) is 1. The molecule has 0 saturated heterocycles. The first-order chi connectivity index (χ1) is 12.4. The molecule has 0 aliphatic rings. The summed E-state index contributed by atoms with van der Waals surface area (Å²) >= 11 is 2.09. The molecule has 0 bridgehead atoms. The van der Waals surface area contributed by atoms with E-state index in [1.165, 1.54) is 18.2 Å². The van der Waals surface area contributed by atoms with E-state index in [2.05, 4.69) is 27.9 Å². The van der Waals surface area contributed by atoms with Crippen molar-refractivity contribution >= 4 is 39.9 Å². The first-order valence-corrected chi connectivity index (χ1v) is 9.12. The molecule has 7 heteroatoms. The maximum Gasteiger partial charge on any atom is 0.248 e. The Morgan fingerprint density at radius 3 is 2.77 bits per heavy atom. The lowest BCUT2D eigenvalue weighted by atomic mass is 10.0. The average Bonchev–Trinajstić information content (AvgIpc) is 2.62. The quantitative estimate of drug-likeness (QED) is 0.284. The SMILES string of the molecule is CCO[C@@H](/C=C/C(=O)Nc1ccccc1N)[C@@H](O)c1cc(I)ccc1O. The molecule has 138 valence electrons. The van der Waals surface area contributed by atoms with Crippen molar-refractivity contribution in [3.05, 3.63) is 63.8 Å². The summed E-state index contributed by atoms with van der Waals surface area (Å²) in [7, 11) is 0. The lowest BCUT2D eigenvalue weighted by molar-refractivity contribution is -0.112. The van der Waals surface area contributed by atoms with Crippen molar-refractivity contribution in [3.8, 4) is 5.75 Å². The number of carbonyl (C=O) groups excluding carboxylic acids is 1. The Balaban J connectivity index is 2.13. The number of nitrogens with two attached hydrogens (primary N) is 1. The standard InChI is InChI=1S/C19H21IN2O4/c1-2-26-17(19(25)13-11-12(20)7-8-16(13)23)9-10-18(24)22-15-6-4-3-5-14(15)21/h3-11,17,19,23,25H,2,21H2,1H3,(H,22,24)/b10-9+/t17-,19-/m0/s1. The predicted octanol–water partition coefficient (Wildman–Crippen LogP) is 3.21. The largest absolute Gasteiger partial charge is 0.508 e. The lowest BCUT2D eigenvalue weighted by Gasteiger charge is -2.21. The highest BCUT2D eigenvalue weighted by molar-refractivity contribution is 14.1. The van der Waals surface area contributed by atoms with E-state index in [0.29, 0.717) is 23.5 Å². The molecular weight excluding hydrogens is 447 g/mol. The number of aliphatic hydroxyl groups is 1. The molecule has 0 heterocycles. The molecule has 0 radical (unpaired) electrons. The molecule has 2 aromatic carbocycles. The summed E-state index contributed by atoms with van der Waals surface area (Å²) in [6, 6.07) is 11.8. The van der Waals surface area contributed by atoms with Gasteiger partial charge in [-0.15, -0.1) is 0 Å². The minimum atomic E-state index is -1.12. The van der Waals surface area contributed by atoms with E-state index in [1.54, 1.807) is 43.3 Å². The number of para-hydroxylation sites is 2. The molecule has 0 fully saturated rings. The number of phenolic OH excluding ortho intramolecular Hbond substituents is 1. The van der Waals surface area contributed by atoms with Gasteiger partial charge in [0.1, 0.15) is 18.0 Å². The van der Waals surface area contributed by atoms with Gasteiger partial charge in [0, 0.05) is 21.8 Å². The summed E-state index contributed by atoms with van der Waals surface area (Å²) in [6.45, 7) is 2.12. The fourth-order valence-electron chi connectivity index (χ4n) is 2.35. The Hall–Kier alpha value is -2.10. The fraction of sp³-hybridized carbons (Fsp3) is 0.211. The van der Waals surface area contributed by atoms with Gasteiger partial charge in [0.05, 0.1) is 11.4 Å². The number of hydrogen-bond acceptors (Lipinski definition) is 5. The van der Waals surface area contributed by atoms with Gasteiger partial charge in [-0.25, -0.2) is 0 Å². The predicted molar refractivity (Wildman–Crippen MR) is 110 cm³/mol. The van der Waals surface area contributed by atoms with Crippen LogP contribution in [0.15, 0.2) is 54.6 Å². The topological polar surface area (TPSA) is 105 Å². The number of anilines is 2. The van der Waals surface area contributed by atoms with Crippen LogP contribution in [0.1, 0.15) is 18.6 Å². The minimum absolute atomic E-state index is 0.0301. The Kier molecular flexibility index (Phi) is 7.43. The van der Waals surface area contributed by atoms with Gasteiger partial charge in [-0.3, -0.25) is 4.79 Å². The van der Waals surface area contributed by atoms with Crippen molar-refractivity contribution in [1.29, 1.82) is 0 Å². The normalized spacial score (nSPS) is 13.5. The monoisotopic (exact) mass is 468 g/mol. The number of rotatable bonds is 7. The molecular formula is C19H21IN2O4. The summed E-state index contributed by atoms with van der Waals surface area (Å²) < 4.78 is 6.39. The second-order valence-electron chi connectivity index (χ2n) is 5.50. The van der Waals surface area contributed by atoms with Gasteiger partial charge in [0.15, 0.2) is 0 Å². The molecule has 0 aliphatic heterocycles.